The van der Waals surface area contributed by atoms with Gasteiger partial charge in [0.15, 0.2) is 0 Å². The molecule has 2 rings (SSSR count). The second-order valence-corrected chi connectivity index (χ2v) is 7.63. The SMILES string of the molecule is Cc1ccc(S(=O)(=O)n2nc(C(C)(C)C)cc2N)cc1. The van der Waals surface area contributed by atoms with Crippen LogP contribution in [0.5, 0.6) is 0 Å². The van der Waals surface area contributed by atoms with Crippen molar-refractivity contribution in [2.24, 2.45) is 0 Å². The third-order valence-electron chi connectivity index (χ3n) is 3.02. The number of nitrogen functional groups attached to an aromatic ring is 1. The van der Waals surface area contributed by atoms with Crippen LogP contribution in [0.1, 0.15) is 32.0 Å². The highest BCUT2D eigenvalue weighted by Crippen LogP contribution is 2.25. The molecule has 0 aliphatic carbocycles. The summed E-state index contributed by atoms with van der Waals surface area (Å²) in [5.74, 6) is 0.121. The molecule has 0 spiro atoms. The lowest BCUT2D eigenvalue weighted by Crippen LogP contribution is -2.18. The van der Waals surface area contributed by atoms with Crippen LogP contribution in [-0.2, 0) is 15.4 Å². The monoisotopic (exact) mass is 293 g/mol. The van der Waals surface area contributed by atoms with E-state index < -0.39 is 10.0 Å². The third kappa shape index (κ3) is 2.56. The zero-order valence-electron chi connectivity index (χ0n) is 12.1. The highest BCUT2D eigenvalue weighted by Gasteiger charge is 2.25. The highest BCUT2D eigenvalue weighted by atomic mass is 32.2. The van der Waals surface area contributed by atoms with E-state index in [-0.39, 0.29) is 16.1 Å². The Hall–Kier alpha value is -1.82. The number of hydrogen-bond donors (Lipinski definition) is 1. The molecule has 0 saturated heterocycles. The summed E-state index contributed by atoms with van der Waals surface area (Å²) in [6.07, 6.45) is 0. The maximum Gasteiger partial charge on any atom is 0.284 e. The molecule has 0 bridgehead atoms. The Morgan fingerprint density at radius 3 is 2.15 bits per heavy atom. The lowest BCUT2D eigenvalue weighted by molar-refractivity contribution is 0.553. The number of benzene rings is 1. The summed E-state index contributed by atoms with van der Waals surface area (Å²) in [6.45, 7) is 7.77. The van der Waals surface area contributed by atoms with E-state index in [1.54, 1.807) is 30.3 Å². The number of anilines is 1. The summed E-state index contributed by atoms with van der Waals surface area (Å²) in [7, 11) is -3.75. The Morgan fingerprint density at radius 2 is 1.70 bits per heavy atom. The molecule has 0 aliphatic rings. The molecule has 0 atom stereocenters. The fourth-order valence-electron chi connectivity index (χ4n) is 1.75. The molecule has 20 heavy (non-hydrogen) atoms. The van der Waals surface area contributed by atoms with Crippen LogP contribution < -0.4 is 5.73 Å². The summed E-state index contributed by atoms with van der Waals surface area (Å²) < 4.78 is 26.0. The van der Waals surface area contributed by atoms with Crippen molar-refractivity contribution in [3.8, 4) is 0 Å². The van der Waals surface area contributed by atoms with Gasteiger partial charge >= 0.3 is 0 Å². The van der Waals surface area contributed by atoms with Gasteiger partial charge in [0.1, 0.15) is 5.82 Å². The van der Waals surface area contributed by atoms with Gasteiger partial charge in [0, 0.05) is 11.5 Å². The Morgan fingerprint density at radius 1 is 1.15 bits per heavy atom. The molecule has 0 amide bonds. The van der Waals surface area contributed by atoms with Gasteiger partial charge in [-0.3, -0.25) is 0 Å². The van der Waals surface area contributed by atoms with Crippen LogP contribution in [0.25, 0.3) is 0 Å². The van der Waals surface area contributed by atoms with Gasteiger partial charge in [-0.15, -0.1) is 4.09 Å². The van der Waals surface area contributed by atoms with Gasteiger partial charge in [-0.25, -0.2) is 0 Å². The second-order valence-electron chi connectivity index (χ2n) is 5.87. The number of hydrogen-bond acceptors (Lipinski definition) is 4. The zero-order chi connectivity index (χ0) is 15.1. The van der Waals surface area contributed by atoms with Crippen molar-refractivity contribution in [3.05, 3.63) is 41.6 Å². The van der Waals surface area contributed by atoms with Crippen molar-refractivity contribution >= 4 is 15.8 Å². The van der Waals surface area contributed by atoms with E-state index in [4.69, 9.17) is 5.73 Å². The van der Waals surface area contributed by atoms with Crippen LogP contribution in [0.2, 0.25) is 0 Å². The average molecular weight is 293 g/mol. The van der Waals surface area contributed by atoms with Crippen LogP contribution in [0.3, 0.4) is 0 Å². The maximum atomic E-state index is 12.5. The molecule has 5 nitrogen and oxygen atoms in total. The number of nitrogens with zero attached hydrogens (tertiary/aromatic N) is 2. The number of aromatic nitrogens is 2. The summed E-state index contributed by atoms with van der Waals surface area (Å²) >= 11 is 0. The van der Waals surface area contributed by atoms with Crippen molar-refractivity contribution in [1.29, 1.82) is 0 Å². The topological polar surface area (TPSA) is 78.0 Å². The summed E-state index contributed by atoms with van der Waals surface area (Å²) in [6, 6.07) is 8.21. The van der Waals surface area contributed by atoms with Crippen LogP contribution in [0.4, 0.5) is 5.82 Å². The second kappa shape index (κ2) is 4.63. The van der Waals surface area contributed by atoms with Gasteiger partial charge < -0.3 is 5.73 Å². The predicted molar refractivity (Wildman–Crippen MR) is 79.1 cm³/mol. The van der Waals surface area contributed by atoms with E-state index >= 15 is 0 Å². The first kappa shape index (κ1) is 14.6. The normalized spacial score (nSPS) is 12.6. The fraction of sp³-hybridized carbons (Fsp3) is 0.357. The molecule has 1 aromatic carbocycles. The van der Waals surface area contributed by atoms with Crippen LogP contribution in [-0.4, -0.2) is 17.6 Å². The van der Waals surface area contributed by atoms with Crippen molar-refractivity contribution < 1.29 is 8.42 Å². The Balaban J connectivity index is 2.55. The largest absolute Gasteiger partial charge is 0.383 e. The number of rotatable bonds is 2. The Kier molecular flexibility index (Phi) is 3.37. The molecule has 2 N–H and O–H groups in total. The van der Waals surface area contributed by atoms with Crippen molar-refractivity contribution in [3.63, 3.8) is 0 Å². The molecule has 0 saturated carbocycles. The van der Waals surface area contributed by atoms with Crippen molar-refractivity contribution in [1.82, 2.24) is 9.19 Å². The molecule has 108 valence electrons. The van der Waals surface area contributed by atoms with E-state index in [0.29, 0.717) is 5.69 Å². The number of nitrogens with two attached hydrogens (primary N) is 1. The summed E-state index contributed by atoms with van der Waals surface area (Å²) in [5, 5.41) is 4.16. The minimum atomic E-state index is -3.75. The van der Waals surface area contributed by atoms with Crippen molar-refractivity contribution in [2.75, 3.05) is 5.73 Å². The molecule has 0 unspecified atom stereocenters. The molecule has 2 aromatic rings. The zero-order valence-corrected chi connectivity index (χ0v) is 12.9. The average Bonchev–Trinajstić information content (AvgIpc) is 2.72. The first-order chi connectivity index (χ1) is 9.12. The lowest BCUT2D eigenvalue weighted by atomic mass is 9.92. The van der Waals surface area contributed by atoms with Crippen LogP contribution >= 0.6 is 0 Å². The quantitative estimate of drug-likeness (QED) is 0.921. The van der Waals surface area contributed by atoms with Gasteiger partial charge in [0.25, 0.3) is 10.0 Å². The fourth-order valence-corrected chi connectivity index (χ4v) is 2.95. The van der Waals surface area contributed by atoms with E-state index in [2.05, 4.69) is 5.10 Å². The molecule has 0 radical (unpaired) electrons. The van der Waals surface area contributed by atoms with Gasteiger partial charge in [-0.2, -0.15) is 13.5 Å². The molecular weight excluding hydrogens is 274 g/mol. The van der Waals surface area contributed by atoms with E-state index in [0.717, 1.165) is 9.65 Å². The van der Waals surface area contributed by atoms with E-state index in [9.17, 15) is 8.42 Å². The van der Waals surface area contributed by atoms with Crippen LogP contribution in [0.15, 0.2) is 35.2 Å². The first-order valence-corrected chi connectivity index (χ1v) is 7.74. The van der Waals surface area contributed by atoms with Crippen LogP contribution in [0, 0.1) is 6.92 Å². The van der Waals surface area contributed by atoms with E-state index in [1.807, 2.05) is 27.7 Å². The summed E-state index contributed by atoms with van der Waals surface area (Å²) in [5.41, 5.74) is 7.19. The maximum absolute atomic E-state index is 12.5. The standard InChI is InChI=1S/C14H19N3O2S/c1-10-5-7-11(8-6-10)20(18,19)17-13(15)9-12(16-17)14(2,3)4/h5-9H,15H2,1-4H3. The lowest BCUT2D eigenvalue weighted by Gasteiger charge is -2.14. The van der Waals surface area contributed by atoms with Gasteiger partial charge in [-0.05, 0) is 19.1 Å². The minimum Gasteiger partial charge on any atom is -0.383 e. The Bertz CT molecular complexity index is 723. The molecule has 0 fully saturated rings. The minimum absolute atomic E-state index is 0.121. The molecule has 1 heterocycles. The summed E-state index contributed by atoms with van der Waals surface area (Å²) in [4.78, 5) is 0.179. The van der Waals surface area contributed by atoms with E-state index in [1.165, 1.54) is 0 Å². The predicted octanol–water partition coefficient (Wildman–Crippen LogP) is 2.31. The van der Waals surface area contributed by atoms with Gasteiger partial charge in [0.05, 0.1) is 10.6 Å². The van der Waals surface area contributed by atoms with Gasteiger partial charge in [0.2, 0.25) is 0 Å². The third-order valence-corrected chi connectivity index (χ3v) is 4.63. The highest BCUT2D eigenvalue weighted by molar-refractivity contribution is 7.90. The Labute approximate surface area is 119 Å². The smallest absolute Gasteiger partial charge is 0.284 e. The first-order valence-electron chi connectivity index (χ1n) is 6.30. The number of aryl methyl sites for hydroxylation is 1. The molecule has 1 aromatic heterocycles. The van der Waals surface area contributed by atoms with Crippen molar-refractivity contribution in [2.45, 2.75) is 38.0 Å². The molecule has 6 heteroatoms. The van der Waals surface area contributed by atoms with Gasteiger partial charge in [-0.1, -0.05) is 38.5 Å². The molecule has 0 aliphatic heterocycles. The molecular formula is C14H19N3O2S.